The van der Waals surface area contributed by atoms with Crippen LogP contribution in [0.1, 0.15) is 156 Å². The monoisotopic (exact) mass is 902 g/mol. The van der Waals surface area contributed by atoms with Gasteiger partial charge in [-0.1, -0.05) is 110 Å². The highest BCUT2D eigenvalue weighted by Gasteiger charge is 2.41. The second-order valence-corrected chi connectivity index (χ2v) is 18.9. The number of aliphatic hydroxyl groups is 4. The SMILES string of the molecule is CCCCC[C@H](O)/C=C/[C@@H]1[C@@H](CC(=O)CCCCC(=O)O[C@H](COC(=O)CCCCCCCCCCC(C)CC)COP(=O)(O)OC[C@@H](O)COP(=O)(O)O)[C@@H](O)C[C@H]1O. The Kier molecular flexibility index (Phi) is 30.2. The average Bonchev–Trinajstić information content (AvgIpc) is 3.45. The van der Waals surface area contributed by atoms with Gasteiger partial charge in [0.25, 0.3) is 0 Å². The van der Waals surface area contributed by atoms with E-state index in [1.807, 2.05) is 0 Å². The molecule has 352 valence electrons. The third-order valence-electron chi connectivity index (χ3n) is 10.7. The smallest absolute Gasteiger partial charge is 0.462 e. The highest BCUT2D eigenvalue weighted by molar-refractivity contribution is 7.47. The molecule has 1 rings (SSSR count). The third kappa shape index (κ3) is 28.9. The largest absolute Gasteiger partial charge is 0.472 e. The molecule has 1 saturated carbocycles. The lowest BCUT2D eigenvalue weighted by atomic mass is 9.87. The van der Waals surface area contributed by atoms with Gasteiger partial charge in [0.1, 0.15) is 18.5 Å². The molecule has 19 heteroatoms. The second-order valence-electron chi connectivity index (χ2n) is 16.2. The van der Waals surface area contributed by atoms with Crippen molar-refractivity contribution in [2.24, 2.45) is 17.8 Å². The maximum Gasteiger partial charge on any atom is 0.472 e. The first-order valence-electron chi connectivity index (χ1n) is 21.9. The quantitative estimate of drug-likeness (QED) is 0.0154. The lowest BCUT2D eigenvalue weighted by Gasteiger charge is -2.21. The zero-order chi connectivity index (χ0) is 45.0. The van der Waals surface area contributed by atoms with Crippen molar-refractivity contribution in [2.45, 2.75) is 186 Å². The minimum absolute atomic E-state index is 0.0179. The predicted octanol–water partition coefficient (Wildman–Crippen LogP) is 6.37. The highest BCUT2D eigenvalue weighted by atomic mass is 31.2. The third-order valence-corrected chi connectivity index (χ3v) is 12.1. The van der Waals surface area contributed by atoms with E-state index in [2.05, 4.69) is 29.8 Å². The van der Waals surface area contributed by atoms with E-state index in [-0.39, 0.29) is 44.3 Å². The number of hydrogen-bond acceptors (Lipinski definition) is 14. The molecule has 9 atom stereocenters. The molecule has 1 aliphatic carbocycles. The predicted molar refractivity (Wildman–Crippen MR) is 223 cm³/mol. The van der Waals surface area contributed by atoms with Crippen LogP contribution in [-0.2, 0) is 46.6 Å². The van der Waals surface area contributed by atoms with E-state index in [0.717, 1.165) is 50.9 Å². The number of phosphoric acid groups is 2. The molecule has 0 saturated heterocycles. The molecule has 1 aliphatic rings. The first-order valence-corrected chi connectivity index (χ1v) is 25.0. The molecule has 2 unspecified atom stereocenters. The highest BCUT2D eigenvalue weighted by Crippen LogP contribution is 2.44. The van der Waals surface area contributed by atoms with E-state index in [0.29, 0.717) is 19.3 Å². The number of Topliss-reactive ketones (excluding diaryl/α,β-unsaturated/α-hetero) is 1. The Hall–Kier alpha value is -1.59. The van der Waals surface area contributed by atoms with Crippen molar-refractivity contribution in [1.82, 2.24) is 0 Å². The summed E-state index contributed by atoms with van der Waals surface area (Å²) in [6.07, 6.45) is 12.9. The maximum atomic E-state index is 12.9. The number of ketones is 1. The molecule has 7 N–H and O–H groups in total. The minimum Gasteiger partial charge on any atom is -0.462 e. The molecule has 60 heavy (non-hydrogen) atoms. The van der Waals surface area contributed by atoms with E-state index in [9.17, 15) is 48.8 Å². The average molecular weight is 903 g/mol. The summed E-state index contributed by atoms with van der Waals surface area (Å²) in [7, 11) is -9.82. The van der Waals surface area contributed by atoms with Crippen molar-refractivity contribution in [3.63, 3.8) is 0 Å². The first-order chi connectivity index (χ1) is 28.4. The lowest BCUT2D eigenvalue weighted by Crippen LogP contribution is -2.30. The van der Waals surface area contributed by atoms with E-state index in [1.54, 1.807) is 12.2 Å². The molecule has 0 aromatic heterocycles. The van der Waals surface area contributed by atoms with Gasteiger partial charge in [0.15, 0.2) is 6.10 Å². The van der Waals surface area contributed by atoms with Gasteiger partial charge in [0, 0.05) is 43.9 Å². The van der Waals surface area contributed by atoms with Crippen LogP contribution in [0.5, 0.6) is 0 Å². The van der Waals surface area contributed by atoms with Crippen LogP contribution in [0.4, 0.5) is 0 Å². The molecule has 0 amide bonds. The van der Waals surface area contributed by atoms with E-state index in [1.165, 1.54) is 32.1 Å². The Morgan fingerprint density at radius 1 is 0.700 bits per heavy atom. The summed E-state index contributed by atoms with van der Waals surface area (Å²) in [5.74, 6) is -1.71. The lowest BCUT2D eigenvalue weighted by molar-refractivity contribution is -0.161. The van der Waals surface area contributed by atoms with E-state index in [4.69, 9.17) is 23.8 Å². The maximum absolute atomic E-state index is 12.9. The van der Waals surface area contributed by atoms with Crippen LogP contribution < -0.4 is 0 Å². The number of unbranched alkanes of at least 4 members (excludes halogenated alkanes) is 10. The molecule has 0 bridgehead atoms. The Balaban J connectivity index is 2.62. The fourth-order valence-electron chi connectivity index (χ4n) is 6.85. The van der Waals surface area contributed by atoms with Crippen LogP contribution in [0.3, 0.4) is 0 Å². The van der Waals surface area contributed by atoms with Gasteiger partial charge in [0.05, 0.1) is 38.1 Å². The van der Waals surface area contributed by atoms with Crippen LogP contribution in [0.2, 0.25) is 0 Å². The summed E-state index contributed by atoms with van der Waals surface area (Å²) in [6, 6.07) is 0. The molecule has 0 aromatic rings. The number of ether oxygens (including phenoxy) is 2. The molecular formula is C41H76O17P2. The fraction of sp³-hybridized carbons (Fsp3) is 0.878. The van der Waals surface area contributed by atoms with Crippen LogP contribution >= 0.6 is 15.6 Å². The van der Waals surface area contributed by atoms with Gasteiger partial charge < -0.3 is 44.6 Å². The summed E-state index contributed by atoms with van der Waals surface area (Å²) in [5.41, 5.74) is 0. The Labute approximate surface area is 356 Å². The Morgan fingerprint density at radius 2 is 1.27 bits per heavy atom. The van der Waals surface area contributed by atoms with Crippen LogP contribution in [0, 0.1) is 17.8 Å². The molecule has 17 nitrogen and oxygen atoms in total. The summed E-state index contributed by atoms with van der Waals surface area (Å²) in [4.78, 5) is 65.7. The number of phosphoric ester groups is 2. The number of hydrogen-bond donors (Lipinski definition) is 7. The van der Waals surface area contributed by atoms with Crippen LogP contribution in [0.25, 0.3) is 0 Å². The number of esters is 2. The molecule has 1 fully saturated rings. The van der Waals surface area contributed by atoms with Gasteiger partial charge in [-0.3, -0.25) is 28.0 Å². The molecule has 0 heterocycles. The second kappa shape index (κ2) is 32.1. The zero-order valence-electron chi connectivity index (χ0n) is 36.1. The number of carbonyl (C=O) groups excluding carboxylic acids is 3. The van der Waals surface area contributed by atoms with Crippen molar-refractivity contribution >= 4 is 33.4 Å². The van der Waals surface area contributed by atoms with Gasteiger partial charge in [-0.05, 0) is 31.6 Å². The molecule has 0 aliphatic heterocycles. The number of rotatable bonds is 37. The van der Waals surface area contributed by atoms with Gasteiger partial charge in [0.2, 0.25) is 0 Å². The molecule has 0 spiro atoms. The number of aliphatic hydroxyl groups excluding tert-OH is 4. The summed E-state index contributed by atoms with van der Waals surface area (Å²) >= 11 is 0. The van der Waals surface area contributed by atoms with Crippen molar-refractivity contribution in [2.75, 3.05) is 26.4 Å². The van der Waals surface area contributed by atoms with E-state index < -0.39 is 96.4 Å². The van der Waals surface area contributed by atoms with Gasteiger partial charge in [-0.25, -0.2) is 9.13 Å². The van der Waals surface area contributed by atoms with Crippen molar-refractivity contribution in [3.05, 3.63) is 12.2 Å². The summed E-state index contributed by atoms with van der Waals surface area (Å²) < 4.78 is 47.6. The standard InChI is InChI=1S/C41H76O17P2/c1-4-6-13-19-32(42)23-24-36-37(39(46)26-38(36)45)25-33(43)20-16-17-22-41(48)58-35(30-57-60(52,53)56-28-34(44)27-55-59(49,50)51)29-54-40(47)21-15-12-10-8-7-9-11-14-18-31(3)5-2/h23-24,31-32,34-39,42,44-46H,4-22,25-30H2,1-3H3,(H,52,53)(H2,49,50,51)/b24-23+/t31?,32-,34-,35+,36+,37+,38+,39-/m0/s1. The van der Waals surface area contributed by atoms with Crippen molar-refractivity contribution in [1.29, 1.82) is 0 Å². The topological polar surface area (TPSA) is 273 Å². The number of carbonyl (C=O) groups is 3. The Morgan fingerprint density at radius 3 is 1.92 bits per heavy atom. The van der Waals surface area contributed by atoms with Crippen molar-refractivity contribution < 1.29 is 81.7 Å². The minimum atomic E-state index is -4.91. The molecular weight excluding hydrogens is 826 g/mol. The Bertz CT molecular complexity index is 1310. The summed E-state index contributed by atoms with van der Waals surface area (Å²) in [5, 5.41) is 41.1. The van der Waals surface area contributed by atoms with E-state index >= 15 is 0 Å². The zero-order valence-corrected chi connectivity index (χ0v) is 37.8. The molecule has 0 aromatic carbocycles. The normalized spacial score (nSPS) is 21.4. The van der Waals surface area contributed by atoms with Gasteiger partial charge in [-0.2, -0.15) is 0 Å². The van der Waals surface area contributed by atoms with Crippen LogP contribution in [0.15, 0.2) is 12.2 Å². The van der Waals surface area contributed by atoms with Crippen molar-refractivity contribution in [3.8, 4) is 0 Å². The van der Waals surface area contributed by atoms with Crippen LogP contribution in [-0.4, -0.2) is 110 Å². The summed E-state index contributed by atoms with van der Waals surface area (Å²) in [6.45, 7) is 3.50. The fourth-order valence-corrected chi connectivity index (χ4v) is 8.00. The van der Waals surface area contributed by atoms with Gasteiger partial charge in [-0.15, -0.1) is 0 Å². The first kappa shape index (κ1) is 56.4. The van der Waals surface area contributed by atoms with Gasteiger partial charge >= 0.3 is 27.6 Å². The molecule has 0 radical (unpaired) electrons.